The van der Waals surface area contributed by atoms with Crippen molar-refractivity contribution in [1.82, 2.24) is 15.0 Å². The van der Waals surface area contributed by atoms with E-state index in [1.165, 1.54) is 12.1 Å². The lowest BCUT2D eigenvalue weighted by molar-refractivity contribution is -0.147. The van der Waals surface area contributed by atoms with Crippen molar-refractivity contribution in [3.8, 4) is 0 Å². The lowest BCUT2D eigenvalue weighted by Crippen LogP contribution is -2.34. The predicted molar refractivity (Wildman–Crippen MR) is 144 cm³/mol. The molecule has 9 heteroatoms. The predicted octanol–water partition coefficient (Wildman–Crippen LogP) is 5.62. The maximum absolute atomic E-state index is 13.7. The van der Waals surface area contributed by atoms with Gasteiger partial charge in [0.05, 0.1) is 17.7 Å². The molecule has 0 aliphatic heterocycles. The van der Waals surface area contributed by atoms with Crippen molar-refractivity contribution in [2.45, 2.75) is 32.4 Å². The van der Waals surface area contributed by atoms with Crippen LogP contribution in [0.3, 0.4) is 0 Å². The van der Waals surface area contributed by atoms with Crippen molar-refractivity contribution >= 4 is 23.4 Å². The van der Waals surface area contributed by atoms with Crippen molar-refractivity contribution in [3.05, 3.63) is 108 Å². The van der Waals surface area contributed by atoms with Gasteiger partial charge in [0.2, 0.25) is 5.95 Å². The molecule has 2 aromatic carbocycles. The van der Waals surface area contributed by atoms with Crippen LogP contribution in [0.2, 0.25) is 0 Å². The number of rotatable bonds is 12. The van der Waals surface area contributed by atoms with E-state index in [0.717, 1.165) is 17.1 Å². The van der Waals surface area contributed by atoms with Crippen molar-refractivity contribution < 1.29 is 19.0 Å². The van der Waals surface area contributed by atoms with Crippen LogP contribution in [0.5, 0.6) is 0 Å². The summed E-state index contributed by atoms with van der Waals surface area (Å²) >= 11 is 0. The van der Waals surface area contributed by atoms with Gasteiger partial charge in [0.25, 0.3) is 0 Å². The first-order valence-electron chi connectivity index (χ1n) is 12.4. The lowest BCUT2D eigenvalue weighted by atomic mass is 9.80. The summed E-state index contributed by atoms with van der Waals surface area (Å²) in [4.78, 5) is 25.6. The molecule has 3 atom stereocenters. The number of carboxylic acid groups (broad SMARTS) is 1. The van der Waals surface area contributed by atoms with E-state index in [9.17, 15) is 14.3 Å². The molecule has 0 saturated carbocycles. The van der Waals surface area contributed by atoms with E-state index in [2.05, 4.69) is 25.6 Å². The molecular formula is C29H30FN5O3. The number of nitrogens with one attached hydrogen (secondary N) is 2. The Labute approximate surface area is 221 Å². The van der Waals surface area contributed by atoms with E-state index in [-0.39, 0.29) is 0 Å². The summed E-state index contributed by atoms with van der Waals surface area (Å²) in [6.07, 6.45) is 2.71. The fourth-order valence-corrected chi connectivity index (χ4v) is 4.31. The highest BCUT2D eigenvalue weighted by Gasteiger charge is 2.37. The number of nitrogens with zero attached hydrogens (tertiary/aromatic N) is 3. The average molecular weight is 516 g/mol. The molecule has 0 radical (unpaired) electrons. The molecule has 8 nitrogen and oxygen atoms in total. The van der Waals surface area contributed by atoms with E-state index in [0.29, 0.717) is 30.4 Å². The van der Waals surface area contributed by atoms with Gasteiger partial charge in [-0.25, -0.2) is 19.3 Å². The molecular weight excluding hydrogens is 485 g/mol. The molecule has 38 heavy (non-hydrogen) atoms. The Morgan fingerprint density at radius 3 is 2.42 bits per heavy atom. The molecule has 0 fully saturated rings. The molecule has 4 rings (SSSR count). The number of hydrogen-bond donors (Lipinski definition) is 3. The van der Waals surface area contributed by atoms with Crippen LogP contribution in [-0.4, -0.2) is 38.7 Å². The van der Waals surface area contributed by atoms with Crippen LogP contribution in [0.4, 0.5) is 21.8 Å². The quantitative estimate of drug-likeness (QED) is 0.223. The number of anilines is 3. The van der Waals surface area contributed by atoms with Crippen LogP contribution in [0.15, 0.2) is 85.2 Å². The third kappa shape index (κ3) is 6.89. The third-order valence-corrected chi connectivity index (χ3v) is 6.15. The number of pyridine rings is 1. The van der Waals surface area contributed by atoms with Crippen LogP contribution >= 0.6 is 0 Å². The molecule has 3 N–H and O–H groups in total. The van der Waals surface area contributed by atoms with Gasteiger partial charge >= 0.3 is 5.97 Å². The van der Waals surface area contributed by atoms with Gasteiger partial charge < -0.3 is 20.5 Å². The molecule has 4 aromatic rings. The standard InChI is InChI=1S/C29H30FN5O3/c1-3-38-19(2)26(28(36)37)27(21-9-11-22(30)12-10-21)24-15-17-32-29(35-24)34-23-13-7-20(8-14-23)18-33-25-6-4-5-16-31-25/h4-17,19,26-27H,3,18H2,1-2H3,(H,31,33)(H,36,37)(H,32,34,35). The van der Waals surface area contributed by atoms with E-state index in [4.69, 9.17) is 4.74 Å². The number of hydrogen-bond acceptors (Lipinski definition) is 7. The summed E-state index contributed by atoms with van der Waals surface area (Å²) in [5.74, 6) is -1.94. The first-order valence-corrected chi connectivity index (χ1v) is 12.4. The Morgan fingerprint density at radius 2 is 1.76 bits per heavy atom. The van der Waals surface area contributed by atoms with Crippen molar-refractivity contribution in [1.29, 1.82) is 0 Å². The monoisotopic (exact) mass is 515 g/mol. The second-order valence-corrected chi connectivity index (χ2v) is 8.75. The minimum absolute atomic E-state index is 0.321. The van der Waals surface area contributed by atoms with Crippen molar-refractivity contribution in [2.75, 3.05) is 17.2 Å². The van der Waals surface area contributed by atoms with Crippen LogP contribution in [0.1, 0.15) is 36.6 Å². The second-order valence-electron chi connectivity index (χ2n) is 8.75. The Morgan fingerprint density at radius 1 is 1.00 bits per heavy atom. The van der Waals surface area contributed by atoms with Crippen molar-refractivity contribution in [2.24, 2.45) is 5.92 Å². The zero-order chi connectivity index (χ0) is 26.9. The van der Waals surface area contributed by atoms with Crippen LogP contribution < -0.4 is 10.6 Å². The Hall–Kier alpha value is -4.37. The van der Waals surface area contributed by atoms with Crippen LogP contribution in [-0.2, 0) is 16.1 Å². The maximum atomic E-state index is 13.7. The largest absolute Gasteiger partial charge is 0.481 e. The Bertz CT molecular complexity index is 1320. The number of aromatic nitrogens is 3. The highest BCUT2D eigenvalue weighted by molar-refractivity contribution is 5.73. The summed E-state index contributed by atoms with van der Waals surface area (Å²) in [6.45, 7) is 4.53. The minimum atomic E-state index is -1.02. The number of carboxylic acids is 1. The molecule has 3 unspecified atom stereocenters. The molecule has 0 aliphatic carbocycles. The third-order valence-electron chi connectivity index (χ3n) is 6.15. The first-order chi connectivity index (χ1) is 18.4. The number of halogens is 1. The fraction of sp³-hybridized carbons (Fsp3) is 0.241. The summed E-state index contributed by atoms with van der Waals surface area (Å²) < 4.78 is 19.4. The topological polar surface area (TPSA) is 109 Å². The molecule has 0 amide bonds. The van der Waals surface area contributed by atoms with Crippen LogP contribution in [0.25, 0.3) is 0 Å². The van der Waals surface area contributed by atoms with Gasteiger partial charge in [-0.1, -0.05) is 30.3 Å². The fourth-order valence-electron chi connectivity index (χ4n) is 4.31. The van der Waals surface area contributed by atoms with E-state index in [1.54, 1.807) is 37.5 Å². The number of benzene rings is 2. The molecule has 2 aromatic heterocycles. The molecule has 196 valence electrons. The maximum Gasteiger partial charge on any atom is 0.310 e. The van der Waals surface area contributed by atoms with Gasteiger partial charge in [0.15, 0.2) is 0 Å². The van der Waals surface area contributed by atoms with Gasteiger partial charge in [-0.05, 0) is 67.4 Å². The highest BCUT2D eigenvalue weighted by atomic mass is 19.1. The molecule has 0 bridgehead atoms. The number of aliphatic carboxylic acids is 1. The lowest BCUT2D eigenvalue weighted by Gasteiger charge is -2.29. The van der Waals surface area contributed by atoms with Gasteiger partial charge in [-0.2, -0.15) is 0 Å². The van der Waals surface area contributed by atoms with Crippen LogP contribution in [0, 0.1) is 11.7 Å². The summed E-state index contributed by atoms with van der Waals surface area (Å²) in [7, 11) is 0. The van der Waals surface area contributed by atoms with Gasteiger partial charge in [-0.15, -0.1) is 0 Å². The molecule has 2 heterocycles. The molecule has 0 spiro atoms. The van der Waals surface area contributed by atoms with E-state index < -0.39 is 29.7 Å². The van der Waals surface area contributed by atoms with E-state index >= 15 is 0 Å². The zero-order valence-electron chi connectivity index (χ0n) is 21.2. The summed E-state index contributed by atoms with van der Waals surface area (Å²) in [5.41, 5.74) is 2.96. The van der Waals surface area contributed by atoms with Gasteiger partial charge in [-0.3, -0.25) is 4.79 Å². The SMILES string of the molecule is CCOC(C)C(C(=O)O)C(c1ccc(F)cc1)c1ccnc(Nc2ccc(CNc3ccccn3)cc2)n1. The first kappa shape index (κ1) is 26.7. The normalized spacial score (nSPS) is 13.3. The zero-order valence-corrected chi connectivity index (χ0v) is 21.2. The highest BCUT2D eigenvalue weighted by Crippen LogP contribution is 2.35. The van der Waals surface area contributed by atoms with Gasteiger partial charge in [0.1, 0.15) is 11.6 Å². The molecule has 0 aliphatic rings. The van der Waals surface area contributed by atoms with Crippen molar-refractivity contribution in [3.63, 3.8) is 0 Å². The summed E-state index contributed by atoms with van der Waals surface area (Å²) in [6, 6.07) is 21.0. The van der Waals surface area contributed by atoms with Gasteiger partial charge in [0, 0.05) is 37.2 Å². The smallest absolute Gasteiger partial charge is 0.310 e. The Kier molecular flexibility index (Phi) is 8.94. The minimum Gasteiger partial charge on any atom is -0.481 e. The summed E-state index contributed by atoms with van der Waals surface area (Å²) in [5, 5.41) is 16.6. The average Bonchev–Trinajstić information content (AvgIpc) is 2.92. The molecule has 0 saturated heterocycles. The van der Waals surface area contributed by atoms with E-state index in [1.807, 2.05) is 49.4 Å². The number of ether oxygens (including phenoxy) is 1. The number of carbonyl (C=O) groups is 1. The second kappa shape index (κ2) is 12.7. The Balaban J connectivity index is 1.56.